The van der Waals surface area contributed by atoms with E-state index in [4.69, 9.17) is 0 Å². The van der Waals surface area contributed by atoms with Crippen molar-refractivity contribution in [3.63, 3.8) is 0 Å². The maximum atomic E-state index is 13.3. The molecule has 0 aliphatic carbocycles. The maximum Gasteiger partial charge on any atom is 0.336 e. The fraction of sp³-hybridized carbons (Fsp3) is 0.227. The molecule has 6 nitrogen and oxygen atoms in total. The monoisotopic (exact) mass is 444 g/mol. The molecule has 0 unspecified atom stereocenters. The summed E-state index contributed by atoms with van der Waals surface area (Å²) in [6.45, 7) is 2.94. The lowest BCUT2D eigenvalue weighted by atomic mass is 10.1. The molecule has 0 radical (unpaired) electrons. The summed E-state index contributed by atoms with van der Waals surface area (Å²) >= 11 is 0. The van der Waals surface area contributed by atoms with Crippen LogP contribution in [0, 0.1) is 6.92 Å². The number of rotatable bonds is 3. The predicted molar refractivity (Wildman–Crippen MR) is 127 cm³/mol. The van der Waals surface area contributed by atoms with E-state index >= 15 is 0 Å². The number of aromatic nitrogens is 3. The van der Waals surface area contributed by atoms with Crippen LogP contribution in [0.2, 0.25) is 0 Å². The normalized spacial score (nSPS) is 11.5. The molecular formula is C22H22Cl2N4O2. The van der Waals surface area contributed by atoms with E-state index in [1.807, 2.05) is 62.3 Å². The van der Waals surface area contributed by atoms with Crippen molar-refractivity contribution in [2.75, 3.05) is 20.6 Å². The Hall–Kier alpha value is -2.67. The van der Waals surface area contributed by atoms with Gasteiger partial charge in [0.1, 0.15) is 0 Å². The minimum absolute atomic E-state index is 0. The summed E-state index contributed by atoms with van der Waals surface area (Å²) in [6, 6.07) is 13.6. The molecule has 0 saturated heterocycles. The number of halogens is 2. The maximum absolute atomic E-state index is 13.3. The quantitative estimate of drug-likeness (QED) is 0.427. The number of hydrogen-bond acceptors (Lipinski definition) is 4. The van der Waals surface area contributed by atoms with E-state index in [1.165, 1.54) is 4.57 Å². The summed E-state index contributed by atoms with van der Waals surface area (Å²) in [5.41, 5.74) is 2.83. The van der Waals surface area contributed by atoms with Gasteiger partial charge in [-0.1, -0.05) is 18.2 Å². The number of likely N-dealkylation sites (N-methyl/N-ethyl adjacent to an activating group) is 1. The Bertz CT molecular complexity index is 1510. The first-order valence-corrected chi connectivity index (χ1v) is 9.32. The highest BCUT2D eigenvalue weighted by Crippen LogP contribution is 2.34. The first-order valence-electron chi connectivity index (χ1n) is 9.32. The van der Waals surface area contributed by atoms with Crippen molar-refractivity contribution < 1.29 is 0 Å². The Labute approximate surface area is 184 Å². The molecule has 30 heavy (non-hydrogen) atoms. The van der Waals surface area contributed by atoms with Crippen LogP contribution in [0.5, 0.6) is 0 Å². The molecule has 0 bridgehead atoms. The van der Waals surface area contributed by atoms with Crippen LogP contribution in [0.1, 0.15) is 5.69 Å². The molecule has 5 aromatic rings. The lowest BCUT2D eigenvalue weighted by molar-refractivity contribution is 0.376. The molecule has 0 aliphatic heterocycles. The van der Waals surface area contributed by atoms with Gasteiger partial charge in [0.05, 0.1) is 21.9 Å². The highest BCUT2D eigenvalue weighted by molar-refractivity contribution is 6.22. The molecule has 0 fully saturated rings. The fourth-order valence-corrected chi connectivity index (χ4v) is 4.09. The standard InChI is InChI=1S/C22H20N4O2.2ClH/c1-13-7-8-14-17(23-13)9-10-18-19(14)15-5-4-6-16-20(15)26(18)22(28)25(21(16)27)12-11-24(2)3;;/h4-10H,11-12H2,1-3H3;2*1H. The zero-order valence-electron chi connectivity index (χ0n) is 16.9. The van der Waals surface area contributed by atoms with E-state index in [9.17, 15) is 9.59 Å². The molecule has 0 aliphatic rings. The highest BCUT2D eigenvalue weighted by atomic mass is 35.5. The van der Waals surface area contributed by atoms with Gasteiger partial charge in [-0.2, -0.15) is 0 Å². The van der Waals surface area contributed by atoms with Crippen molar-refractivity contribution in [1.82, 2.24) is 18.9 Å². The number of fused-ring (bicyclic) bond motifs is 5. The van der Waals surface area contributed by atoms with E-state index in [-0.39, 0.29) is 36.1 Å². The van der Waals surface area contributed by atoms with Gasteiger partial charge in [0.15, 0.2) is 0 Å². The lowest BCUT2D eigenvalue weighted by Crippen LogP contribution is -2.39. The van der Waals surface area contributed by atoms with Gasteiger partial charge in [0.2, 0.25) is 0 Å². The Kier molecular flexibility index (Phi) is 5.78. The van der Waals surface area contributed by atoms with Crippen molar-refractivity contribution in [2.45, 2.75) is 13.5 Å². The van der Waals surface area contributed by atoms with Crippen LogP contribution in [-0.2, 0) is 6.54 Å². The molecule has 0 N–H and O–H groups in total. The Morgan fingerprint density at radius 3 is 2.40 bits per heavy atom. The van der Waals surface area contributed by atoms with Crippen LogP contribution >= 0.6 is 24.8 Å². The SMILES string of the molecule is Cc1ccc2c(ccc3c2c2cccc4c(=O)n(CCN(C)C)c(=O)n3c42)n1.Cl.Cl. The predicted octanol–water partition coefficient (Wildman–Crippen LogP) is 3.47. The van der Waals surface area contributed by atoms with Gasteiger partial charge in [0, 0.05) is 34.9 Å². The third kappa shape index (κ3) is 3.03. The summed E-state index contributed by atoms with van der Waals surface area (Å²) < 4.78 is 3.04. The van der Waals surface area contributed by atoms with Crippen molar-refractivity contribution >= 4 is 62.9 Å². The average Bonchev–Trinajstić information content (AvgIpc) is 3.01. The summed E-state index contributed by atoms with van der Waals surface area (Å²) in [4.78, 5) is 33.0. The zero-order valence-corrected chi connectivity index (χ0v) is 18.5. The minimum atomic E-state index is -0.287. The van der Waals surface area contributed by atoms with Crippen molar-refractivity contribution in [1.29, 1.82) is 0 Å². The average molecular weight is 445 g/mol. The first kappa shape index (κ1) is 22.0. The molecule has 0 atom stereocenters. The first-order chi connectivity index (χ1) is 13.5. The van der Waals surface area contributed by atoms with Crippen LogP contribution in [0.25, 0.3) is 38.1 Å². The van der Waals surface area contributed by atoms with Crippen LogP contribution < -0.4 is 11.2 Å². The number of aryl methyl sites for hydroxylation is 1. The highest BCUT2D eigenvalue weighted by Gasteiger charge is 2.20. The summed E-state index contributed by atoms with van der Waals surface area (Å²) in [6.07, 6.45) is 0. The van der Waals surface area contributed by atoms with Crippen molar-refractivity contribution in [2.24, 2.45) is 0 Å². The van der Waals surface area contributed by atoms with E-state index in [2.05, 4.69) is 4.98 Å². The Balaban J connectivity index is 0.00000128. The second-order valence-corrected chi connectivity index (χ2v) is 7.56. The summed E-state index contributed by atoms with van der Waals surface area (Å²) in [7, 11) is 3.86. The molecule has 0 saturated carbocycles. The number of para-hydroxylation sites is 1. The molecule has 0 spiro atoms. The Morgan fingerprint density at radius 1 is 0.933 bits per heavy atom. The molecule has 3 heterocycles. The van der Waals surface area contributed by atoms with E-state index in [0.717, 1.165) is 32.9 Å². The topological polar surface area (TPSA) is 59.6 Å². The van der Waals surface area contributed by atoms with Crippen LogP contribution in [-0.4, -0.2) is 39.5 Å². The molecule has 5 rings (SSSR count). The third-order valence-electron chi connectivity index (χ3n) is 5.43. The molecule has 0 amide bonds. The van der Waals surface area contributed by atoms with E-state index < -0.39 is 0 Å². The second-order valence-electron chi connectivity index (χ2n) is 7.56. The molecule has 156 valence electrons. The van der Waals surface area contributed by atoms with Gasteiger partial charge in [-0.05, 0) is 45.3 Å². The fourth-order valence-electron chi connectivity index (χ4n) is 4.09. The van der Waals surface area contributed by atoms with Crippen molar-refractivity contribution in [3.05, 3.63) is 69.0 Å². The van der Waals surface area contributed by atoms with Crippen LogP contribution in [0.15, 0.2) is 52.1 Å². The molecule has 2 aromatic carbocycles. The van der Waals surface area contributed by atoms with E-state index in [0.29, 0.717) is 24.0 Å². The number of nitrogens with zero attached hydrogens (tertiary/aromatic N) is 4. The van der Waals surface area contributed by atoms with Gasteiger partial charge in [-0.15, -0.1) is 24.8 Å². The van der Waals surface area contributed by atoms with Crippen molar-refractivity contribution in [3.8, 4) is 0 Å². The smallest absolute Gasteiger partial charge is 0.308 e. The zero-order chi connectivity index (χ0) is 19.6. The molecule has 3 aromatic heterocycles. The number of benzene rings is 2. The van der Waals surface area contributed by atoms with E-state index in [1.54, 1.807) is 10.5 Å². The summed E-state index contributed by atoms with van der Waals surface area (Å²) in [5.74, 6) is 0. The van der Waals surface area contributed by atoms with Gasteiger partial charge in [-0.3, -0.25) is 18.7 Å². The minimum Gasteiger partial charge on any atom is -0.308 e. The largest absolute Gasteiger partial charge is 0.336 e. The third-order valence-corrected chi connectivity index (χ3v) is 5.43. The van der Waals surface area contributed by atoms with Crippen LogP contribution in [0.4, 0.5) is 0 Å². The molecular weight excluding hydrogens is 423 g/mol. The van der Waals surface area contributed by atoms with Crippen LogP contribution in [0.3, 0.4) is 0 Å². The lowest BCUT2D eigenvalue weighted by Gasteiger charge is -2.12. The van der Waals surface area contributed by atoms with Gasteiger partial charge < -0.3 is 4.90 Å². The van der Waals surface area contributed by atoms with Gasteiger partial charge in [-0.25, -0.2) is 4.79 Å². The van der Waals surface area contributed by atoms with Gasteiger partial charge >= 0.3 is 5.69 Å². The van der Waals surface area contributed by atoms with Gasteiger partial charge in [0.25, 0.3) is 5.56 Å². The second kappa shape index (κ2) is 7.87. The number of hydrogen-bond donors (Lipinski definition) is 0. The molecule has 8 heteroatoms. The Morgan fingerprint density at radius 2 is 1.67 bits per heavy atom. The summed E-state index contributed by atoms with van der Waals surface area (Å²) in [5, 5.41) is 3.45. The number of pyridine rings is 1.